The Balaban J connectivity index is 0.00000200. The van der Waals surface area contributed by atoms with E-state index in [1.165, 1.54) is 24.0 Å². The molecule has 20 heavy (non-hydrogen) atoms. The molecule has 1 aliphatic rings. The summed E-state index contributed by atoms with van der Waals surface area (Å²) in [6, 6.07) is 4.37. The Morgan fingerprint density at radius 3 is 2.55 bits per heavy atom. The normalized spacial score (nSPS) is 15.4. The summed E-state index contributed by atoms with van der Waals surface area (Å²) in [5.41, 5.74) is 8.54. The van der Waals surface area contributed by atoms with Crippen LogP contribution in [0.25, 0.3) is 0 Å². The lowest BCUT2D eigenvalue weighted by atomic mass is 9.99. The van der Waals surface area contributed by atoms with E-state index in [4.69, 9.17) is 15.2 Å². The zero-order chi connectivity index (χ0) is 13.8. The summed E-state index contributed by atoms with van der Waals surface area (Å²) in [5, 5.41) is 0. The molecular formula is C16H26ClNO2. The molecule has 2 rings (SSSR count). The summed E-state index contributed by atoms with van der Waals surface area (Å²) < 4.78 is 11.3. The van der Waals surface area contributed by atoms with Crippen molar-refractivity contribution in [3.63, 3.8) is 0 Å². The van der Waals surface area contributed by atoms with Crippen LogP contribution in [0, 0.1) is 12.8 Å². The molecule has 1 aromatic carbocycles. The summed E-state index contributed by atoms with van der Waals surface area (Å²) in [6.07, 6.45) is 4.47. The third-order valence-corrected chi connectivity index (χ3v) is 3.80. The first-order valence-corrected chi connectivity index (χ1v) is 7.20. The maximum absolute atomic E-state index is 6.05. The van der Waals surface area contributed by atoms with Gasteiger partial charge in [0.15, 0.2) is 11.5 Å². The van der Waals surface area contributed by atoms with Gasteiger partial charge in [0, 0.05) is 6.04 Å². The summed E-state index contributed by atoms with van der Waals surface area (Å²) in [5.74, 6) is 2.43. The SMILES string of the molecule is CCC(N)Cc1cc(OCC2CC2)c(OC)cc1C.Cl. The van der Waals surface area contributed by atoms with Gasteiger partial charge in [0.1, 0.15) is 0 Å². The van der Waals surface area contributed by atoms with Gasteiger partial charge in [0.2, 0.25) is 0 Å². The highest BCUT2D eigenvalue weighted by molar-refractivity contribution is 5.85. The minimum atomic E-state index is 0. The molecule has 1 unspecified atom stereocenters. The van der Waals surface area contributed by atoms with Gasteiger partial charge in [-0.2, -0.15) is 0 Å². The van der Waals surface area contributed by atoms with Gasteiger partial charge in [0.05, 0.1) is 13.7 Å². The quantitative estimate of drug-likeness (QED) is 0.838. The molecule has 3 nitrogen and oxygen atoms in total. The summed E-state index contributed by atoms with van der Waals surface area (Å²) >= 11 is 0. The highest BCUT2D eigenvalue weighted by atomic mass is 35.5. The van der Waals surface area contributed by atoms with Crippen molar-refractivity contribution in [2.24, 2.45) is 11.7 Å². The van der Waals surface area contributed by atoms with Crippen LogP contribution in [0.1, 0.15) is 37.3 Å². The van der Waals surface area contributed by atoms with Crippen molar-refractivity contribution in [1.82, 2.24) is 0 Å². The summed E-state index contributed by atoms with van der Waals surface area (Å²) in [6.45, 7) is 5.03. The van der Waals surface area contributed by atoms with Crippen LogP contribution in [0.15, 0.2) is 12.1 Å². The van der Waals surface area contributed by atoms with Gasteiger partial charge in [-0.05, 0) is 61.8 Å². The minimum absolute atomic E-state index is 0. The minimum Gasteiger partial charge on any atom is -0.493 e. The first-order valence-electron chi connectivity index (χ1n) is 7.20. The molecule has 2 N–H and O–H groups in total. The second-order valence-corrected chi connectivity index (χ2v) is 5.56. The molecule has 0 aliphatic heterocycles. The fourth-order valence-electron chi connectivity index (χ4n) is 2.11. The number of rotatable bonds is 7. The molecule has 0 heterocycles. The lowest BCUT2D eigenvalue weighted by Crippen LogP contribution is -2.21. The van der Waals surface area contributed by atoms with E-state index >= 15 is 0 Å². The molecule has 1 aliphatic carbocycles. The van der Waals surface area contributed by atoms with Crippen LogP contribution in [0.2, 0.25) is 0 Å². The second kappa shape index (κ2) is 7.75. The van der Waals surface area contributed by atoms with Crippen molar-refractivity contribution in [1.29, 1.82) is 0 Å². The third kappa shape index (κ3) is 4.57. The molecule has 114 valence electrons. The van der Waals surface area contributed by atoms with Crippen LogP contribution in [0.4, 0.5) is 0 Å². The Morgan fingerprint density at radius 1 is 1.30 bits per heavy atom. The van der Waals surface area contributed by atoms with Gasteiger partial charge in [-0.1, -0.05) is 6.92 Å². The van der Waals surface area contributed by atoms with Gasteiger partial charge in [-0.25, -0.2) is 0 Å². The molecule has 0 aromatic heterocycles. The lowest BCUT2D eigenvalue weighted by molar-refractivity contribution is 0.280. The van der Waals surface area contributed by atoms with E-state index in [1.54, 1.807) is 7.11 Å². The molecule has 0 amide bonds. The molecule has 1 saturated carbocycles. The Hall–Kier alpha value is -0.930. The number of hydrogen-bond donors (Lipinski definition) is 1. The Bertz CT molecular complexity index is 433. The Morgan fingerprint density at radius 2 is 2.00 bits per heavy atom. The lowest BCUT2D eigenvalue weighted by Gasteiger charge is -2.16. The van der Waals surface area contributed by atoms with Crippen LogP contribution in [-0.4, -0.2) is 19.8 Å². The van der Waals surface area contributed by atoms with Gasteiger partial charge >= 0.3 is 0 Å². The fraction of sp³-hybridized carbons (Fsp3) is 0.625. The number of methoxy groups -OCH3 is 1. The van der Waals surface area contributed by atoms with Crippen LogP contribution < -0.4 is 15.2 Å². The van der Waals surface area contributed by atoms with E-state index in [9.17, 15) is 0 Å². The number of aryl methyl sites for hydroxylation is 1. The summed E-state index contributed by atoms with van der Waals surface area (Å²) in [4.78, 5) is 0. The molecule has 4 heteroatoms. The van der Waals surface area contributed by atoms with E-state index < -0.39 is 0 Å². The van der Waals surface area contributed by atoms with E-state index in [1.807, 2.05) is 0 Å². The first-order chi connectivity index (χ1) is 9.13. The molecule has 0 bridgehead atoms. The Labute approximate surface area is 128 Å². The van der Waals surface area contributed by atoms with Crippen molar-refractivity contribution in [2.45, 2.75) is 45.6 Å². The highest BCUT2D eigenvalue weighted by Crippen LogP contribution is 2.34. The zero-order valence-corrected chi connectivity index (χ0v) is 13.5. The maximum atomic E-state index is 6.05. The van der Waals surface area contributed by atoms with Crippen LogP contribution in [0.5, 0.6) is 11.5 Å². The van der Waals surface area contributed by atoms with Gasteiger partial charge in [-0.15, -0.1) is 12.4 Å². The molecule has 0 radical (unpaired) electrons. The summed E-state index contributed by atoms with van der Waals surface area (Å²) in [7, 11) is 1.69. The van der Waals surface area contributed by atoms with Crippen LogP contribution >= 0.6 is 12.4 Å². The van der Waals surface area contributed by atoms with Crippen LogP contribution in [0.3, 0.4) is 0 Å². The largest absolute Gasteiger partial charge is 0.493 e. The number of benzene rings is 1. The van der Waals surface area contributed by atoms with Crippen LogP contribution in [-0.2, 0) is 6.42 Å². The van der Waals surface area contributed by atoms with Crippen molar-refractivity contribution < 1.29 is 9.47 Å². The number of halogens is 1. The number of ether oxygens (including phenoxy) is 2. The van der Waals surface area contributed by atoms with Crippen molar-refractivity contribution in [3.05, 3.63) is 23.3 Å². The predicted octanol–water partition coefficient (Wildman–Crippen LogP) is 3.49. The maximum Gasteiger partial charge on any atom is 0.161 e. The highest BCUT2D eigenvalue weighted by Gasteiger charge is 2.23. The average Bonchev–Trinajstić information content (AvgIpc) is 3.22. The molecular weight excluding hydrogens is 274 g/mol. The fourth-order valence-corrected chi connectivity index (χ4v) is 2.11. The van der Waals surface area contributed by atoms with Crippen molar-refractivity contribution in [3.8, 4) is 11.5 Å². The van der Waals surface area contributed by atoms with Crippen molar-refractivity contribution >= 4 is 12.4 Å². The monoisotopic (exact) mass is 299 g/mol. The van der Waals surface area contributed by atoms with E-state index in [2.05, 4.69) is 26.0 Å². The van der Waals surface area contributed by atoms with E-state index in [0.717, 1.165) is 36.9 Å². The van der Waals surface area contributed by atoms with Gasteiger partial charge in [0.25, 0.3) is 0 Å². The number of hydrogen-bond acceptors (Lipinski definition) is 3. The van der Waals surface area contributed by atoms with Gasteiger partial charge < -0.3 is 15.2 Å². The molecule has 1 atom stereocenters. The van der Waals surface area contributed by atoms with Gasteiger partial charge in [-0.3, -0.25) is 0 Å². The first kappa shape index (κ1) is 17.1. The molecule has 1 fully saturated rings. The topological polar surface area (TPSA) is 44.5 Å². The molecule has 0 spiro atoms. The zero-order valence-electron chi connectivity index (χ0n) is 12.6. The van der Waals surface area contributed by atoms with E-state index in [-0.39, 0.29) is 18.4 Å². The Kier molecular flexibility index (Phi) is 6.63. The molecule has 0 saturated heterocycles. The standard InChI is InChI=1S/C16H25NO2.ClH/c1-4-14(17)8-13-9-16(19-10-12-5-6-12)15(18-3)7-11(13)2;/h7,9,12,14H,4-6,8,10,17H2,1-3H3;1H. The predicted molar refractivity (Wildman–Crippen MR) is 85.2 cm³/mol. The second-order valence-electron chi connectivity index (χ2n) is 5.56. The number of nitrogens with two attached hydrogens (primary N) is 1. The smallest absolute Gasteiger partial charge is 0.161 e. The third-order valence-electron chi connectivity index (χ3n) is 3.80. The van der Waals surface area contributed by atoms with E-state index in [0.29, 0.717) is 0 Å². The average molecular weight is 300 g/mol. The molecule has 1 aromatic rings. The van der Waals surface area contributed by atoms with Crippen molar-refractivity contribution in [2.75, 3.05) is 13.7 Å².